The first-order valence-corrected chi connectivity index (χ1v) is 4.62. The molecule has 3 rings (SSSR count). The zero-order chi connectivity index (χ0) is 9.91. The topological polar surface area (TPSA) is 54.4 Å². The van der Waals surface area contributed by atoms with Gasteiger partial charge in [0.2, 0.25) is 0 Å². The zero-order valence-corrected chi connectivity index (χ0v) is 7.96. The molecular weight excluding hydrogens is 168 g/mol. The van der Waals surface area contributed by atoms with E-state index >= 15 is 0 Å². The monoisotopic (exact) mass is 182 g/mol. The van der Waals surface area contributed by atoms with Gasteiger partial charge < -0.3 is 9.90 Å². The largest absolute Gasteiger partial charge is 0.481 e. The molecule has 0 unspecified atom stereocenters. The molecule has 2 atom stereocenters. The van der Waals surface area contributed by atoms with E-state index in [2.05, 4.69) is 0 Å². The van der Waals surface area contributed by atoms with E-state index in [-0.39, 0.29) is 10.8 Å². The van der Waals surface area contributed by atoms with Gasteiger partial charge in [0.05, 0.1) is 5.41 Å². The minimum absolute atomic E-state index is 0.342. The first kappa shape index (κ1) is 8.73. The van der Waals surface area contributed by atoms with Gasteiger partial charge in [0.15, 0.2) is 0 Å². The number of carboxylic acid groups (broad SMARTS) is 1. The van der Waals surface area contributed by atoms with E-state index in [9.17, 15) is 9.59 Å². The van der Waals surface area contributed by atoms with E-state index < -0.39 is 11.4 Å². The normalized spacial score (nSPS) is 45.4. The second kappa shape index (κ2) is 1.97. The van der Waals surface area contributed by atoms with E-state index in [0.29, 0.717) is 12.8 Å². The SMILES string of the molecule is CC1(C)[C@@]2(C=O)CC[C@]1(C(=O)O)C2. The quantitative estimate of drug-likeness (QED) is 0.658. The second-order valence-electron chi connectivity index (χ2n) is 4.96. The molecule has 0 radical (unpaired) electrons. The van der Waals surface area contributed by atoms with Crippen LogP contribution < -0.4 is 0 Å². The Morgan fingerprint density at radius 2 is 2.00 bits per heavy atom. The summed E-state index contributed by atoms with van der Waals surface area (Å²) in [7, 11) is 0. The van der Waals surface area contributed by atoms with Gasteiger partial charge in [0.25, 0.3) is 0 Å². The number of carboxylic acids is 1. The summed E-state index contributed by atoms with van der Waals surface area (Å²) >= 11 is 0. The van der Waals surface area contributed by atoms with Crippen molar-refractivity contribution < 1.29 is 14.7 Å². The van der Waals surface area contributed by atoms with Crippen LogP contribution in [0, 0.1) is 16.2 Å². The first-order valence-electron chi connectivity index (χ1n) is 4.62. The summed E-state index contributed by atoms with van der Waals surface area (Å²) in [5, 5.41) is 9.14. The Morgan fingerprint density at radius 3 is 2.23 bits per heavy atom. The van der Waals surface area contributed by atoms with Gasteiger partial charge in [0.1, 0.15) is 6.29 Å². The molecule has 0 spiro atoms. The average Bonchev–Trinajstić information content (AvgIpc) is 2.55. The summed E-state index contributed by atoms with van der Waals surface area (Å²) in [6.07, 6.45) is 2.93. The minimum Gasteiger partial charge on any atom is -0.481 e. The van der Waals surface area contributed by atoms with Gasteiger partial charge >= 0.3 is 5.97 Å². The molecule has 0 saturated heterocycles. The van der Waals surface area contributed by atoms with E-state index in [1.54, 1.807) is 0 Å². The third kappa shape index (κ3) is 0.607. The standard InChI is InChI=1S/C10H14O3/c1-8(2)9(6-11)3-4-10(8,5-9)7(12)13/h6H,3-5H2,1-2H3,(H,12,13)/t9-,10+/m0/s1. The summed E-state index contributed by atoms with van der Waals surface area (Å²) in [4.78, 5) is 22.1. The maximum atomic E-state index is 11.1. The summed E-state index contributed by atoms with van der Waals surface area (Å²) < 4.78 is 0. The third-order valence-corrected chi connectivity index (χ3v) is 4.69. The van der Waals surface area contributed by atoms with Gasteiger partial charge in [-0.25, -0.2) is 0 Å². The molecule has 3 heteroatoms. The van der Waals surface area contributed by atoms with Crippen LogP contribution in [0.4, 0.5) is 0 Å². The van der Waals surface area contributed by atoms with Gasteiger partial charge in [-0.15, -0.1) is 0 Å². The van der Waals surface area contributed by atoms with Crippen LogP contribution in [0.25, 0.3) is 0 Å². The predicted molar refractivity (Wildman–Crippen MR) is 46.2 cm³/mol. The second-order valence-corrected chi connectivity index (χ2v) is 4.96. The molecule has 2 bridgehead atoms. The smallest absolute Gasteiger partial charge is 0.310 e. The average molecular weight is 182 g/mol. The summed E-state index contributed by atoms with van der Waals surface area (Å²) in [6.45, 7) is 3.82. The number of hydrogen-bond acceptors (Lipinski definition) is 2. The van der Waals surface area contributed by atoms with Crippen molar-refractivity contribution in [2.45, 2.75) is 33.1 Å². The first-order chi connectivity index (χ1) is 5.92. The highest BCUT2D eigenvalue weighted by molar-refractivity contribution is 5.83. The number of hydrogen-bond donors (Lipinski definition) is 1. The molecule has 0 amide bonds. The number of carbonyl (C=O) groups is 2. The zero-order valence-electron chi connectivity index (χ0n) is 7.96. The molecule has 13 heavy (non-hydrogen) atoms. The van der Waals surface area contributed by atoms with E-state index in [1.165, 1.54) is 0 Å². The van der Waals surface area contributed by atoms with Gasteiger partial charge in [0, 0.05) is 5.41 Å². The van der Waals surface area contributed by atoms with Crippen LogP contribution in [-0.4, -0.2) is 17.4 Å². The summed E-state index contributed by atoms with van der Waals surface area (Å²) in [5.74, 6) is -0.729. The molecule has 3 saturated carbocycles. The van der Waals surface area contributed by atoms with Crippen LogP contribution in [0.1, 0.15) is 33.1 Å². The maximum absolute atomic E-state index is 11.1. The molecule has 0 heterocycles. The van der Waals surface area contributed by atoms with Crippen molar-refractivity contribution in [2.24, 2.45) is 16.2 Å². The fraction of sp³-hybridized carbons (Fsp3) is 0.800. The Hall–Kier alpha value is -0.860. The molecule has 3 aliphatic rings. The fourth-order valence-electron chi connectivity index (χ4n) is 3.29. The van der Waals surface area contributed by atoms with Crippen molar-refractivity contribution in [1.82, 2.24) is 0 Å². The van der Waals surface area contributed by atoms with Crippen molar-refractivity contribution in [3.63, 3.8) is 0 Å². The van der Waals surface area contributed by atoms with Crippen LogP contribution in [0.2, 0.25) is 0 Å². The molecule has 0 aromatic heterocycles. The van der Waals surface area contributed by atoms with Crippen LogP contribution in [0.3, 0.4) is 0 Å². The summed E-state index contributed by atoms with van der Waals surface area (Å²) in [5.41, 5.74) is -1.31. The Balaban J connectivity index is 2.44. The Morgan fingerprint density at radius 1 is 1.38 bits per heavy atom. The number of aldehydes is 1. The molecule has 0 aromatic rings. The van der Waals surface area contributed by atoms with Crippen molar-refractivity contribution in [2.75, 3.05) is 0 Å². The maximum Gasteiger partial charge on any atom is 0.310 e. The lowest BCUT2D eigenvalue weighted by molar-refractivity contribution is -0.185. The Kier molecular flexibility index (Phi) is 1.32. The lowest BCUT2D eigenvalue weighted by atomic mass is 9.43. The molecule has 0 aromatic carbocycles. The van der Waals surface area contributed by atoms with Gasteiger partial charge in [-0.2, -0.15) is 0 Å². The van der Waals surface area contributed by atoms with Crippen molar-refractivity contribution in [1.29, 1.82) is 0 Å². The lowest BCUT2D eigenvalue weighted by Gasteiger charge is -2.57. The highest BCUT2D eigenvalue weighted by Gasteiger charge is 2.77. The highest BCUT2D eigenvalue weighted by atomic mass is 16.4. The number of aliphatic carboxylic acids is 1. The number of rotatable bonds is 2. The molecule has 3 nitrogen and oxygen atoms in total. The number of fused-ring (bicyclic) bond motifs is 1. The molecule has 3 aliphatic carbocycles. The number of carbonyl (C=O) groups excluding carboxylic acids is 1. The molecule has 3 fully saturated rings. The van der Waals surface area contributed by atoms with Crippen LogP contribution in [-0.2, 0) is 9.59 Å². The van der Waals surface area contributed by atoms with E-state index in [0.717, 1.165) is 12.7 Å². The van der Waals surface area contributed by atoms with Crippen molar-refractivity contribution in [3.8, 4) is 0 Å². The van der Waals surface area contributed by atoms with Gasteiger partial charge in [-0.3, -0.25) is 4.79 Å². The molecule has 72 valence electrons. The highest BCUT2D eigenvalue weighted by Crippen LogP contribution is 2.76. The van der Waals surface area contributed by atoms with E-state index in [1.807, 2.05) is 13.8 Å². The molecule has 0 aliphatic heterocycles. The van der Waals surface area contributed by atoms with Gasteiger partial charge in [-0.1, -0.05) is 13.8 Å². The van der Waals surface area contributed by atoms with Crippen LogP contribution in [0.5, 0.6) is 0 Å². The minimum atomic E-state index is -0.729. The van der Waals surface area contributed by atoms with Gasteiger partial charge in [-0.05, 0) is 24.7 Å². The Labute approximate surface area is 77.1 Å². The Bertz CT molecular complexity index is 295. The van der Waals surface area contributed by atoms with Crippen molar-refractivity contribution in [3.05, 3.63) is 0 Å². The van der Waals surface area contributed by atoms with Crippen LogP contribution >= 0.6 is 0 Å². The van der Waals surface area contributed by atoms with Crippen LogP contribution in [0.15, 0.2) is 0 Å². The van der Waals surface area contributed by atoms with Crippen molar-refractivity contribution >= 4 is 12.3 Å². The summed E-state index contributed by atoms with van der Waals surface area (Å²) in [6, 6.07) is 0. The predicted octanol–water partition coefficient (Wildman–Crippen LogP) is 1.47. The lowest BCUT2D eigenvalue weighted by Crippen LogP contribution is -2.60. The van der Waals surface area contributed by atoms with E-state index in [4.69, 9.17) is 5.11 Å². The molecule has 1 N–H and O–H groups in total. The fourth-order valence-corrected chi connectivity index (χ4v) is 3.29. The molecular formula is C10H14O3. The third-order valence-electron chi connectivity index (χ3n) is 4.69.